The van der Waals surface area contributed by atoms with Crippen LogP contribution in [0.1, 0.15) is 35.6 Å². The molecule has 23 heavy (non-hydrogen) atoms. The number of nitrogens with one attached hydrogen (secondary N) is 2. The Morgan fingerprint density at radius 2 is 2.13 bits per heavy atom. The zero-order valence-corrected chi connectivity index (χ0v) is 17.2. The van der Waals surface area contributed by atoms with E-state index in [0.717, 1.165) is 42.6 Å². The largest absolute Gasteiger partial charge is 0.355 e. The van der Waals surface area contributed by atoms with Gasteiger partial charge in [-0.3, -0.25) is 9.89 Å². The first kappa shape index (κ1) is 18.9. The summed E-state index contributed by atoms with van der Waals surface area (Å²) in [6.45, 7) is 6.21. The lowest BCUT2D eigenvalue weighted by molar-refractivity contribution is 0.256. The molecule has 0 saturated heterocycles. The summed E-state index contributed by atoms with van der Waals surface area (Å²) in [4.78, 5) is 12.6. The summed E-state index contributed by atoms with van der Waals surface area (Å²) in [6.07, 6.45) is 7.58. The number of aliphatic imine (C=N–C) groups is 1. The van der Waals surface area contributed by atoms with Crippen molar-refractivity contribution in [3.05, 3.63) is 16.1 Å². The molecule has 3 rings (SSSR count). The topological polar surface area (TPSA) is 52.6 Å². The predicted molar refractivity (Wildman–Crippen MR) is 108 cm³/mol. The number of aryl methyl sites for hydroxylation is 1. The van der Waals surface area contributed by atoms with Crippen LogP contribution in [0.15, 0.2) is 11.2 Å². The van der Waals surface area contributed by atoms with Crippen LogP contribution in [0.5, 0.6) is 0 Å². The number of aromatic nitrogens is 1. The SMILES string of the molecule is CN=C(NCCN(CC1CC1)C1CC1)NCc1ncc(C)s1.I. The van der Waals surface area contributed by atoms with E-state index in [1.54, 1.807) is 11.3 Å². The molecule has 0 spiro atoms. The summed E-state index contributed by atoms with van der Waals surface area (Å²) in [7, 11) is 1.82. The third-order valence-electron chi connectivity index (χ3n) is 4.24. The summed E-state index contributed by atoms with van der Waals surface area (Å²) < 4.78 is 0. The molecule has 2 fully saturated rings. The van der Waals surface area contributed by atoms with E-state index in [-0.39, 0.29) is 24.0 Å². The molecule has 2 saturated carbocycles. The van der Waals surface area contributed by atoms with Crippen molar-refractivity contribution in [3.8, 4) is 0 Å². The van der Waals surface area contributed by atoms with Gasteiger partial charge in [0, 0.05) is 43.8 Å². The molecule has 2 aliphatic carbocycles. The van der Waals surface area contributed by atoms with Gasteiger partial charge < -0.3 is 10.6 Å². The van der Waals surface area contributed by atoms with Crippen molar-refractivity contribution in [1.29, 1.82) is 0 Å². The second-order valence-electron chi connectivity index (χ2n) is 6.39. The van der Waals surface area contributed by atoms with Gasteiger partial charge in [0.1, 0.15) is 5.01 Å². The van der Waals surface area contributed by atoms with Crippen LogP contribution in [0, 0.1) is 12.8 Å². The molecule has 1 heterocycles. The highest BCUT2D eigenvalue weighted by molar-refractivity contribution is 14.0. The molecule has 5 nitrogen and oxygen atoms in total. The molecule has 7 heteroatoms. The highest BCUT2D eigenvalue weighted by Crippen LogP contribution is 2.34. The number of nitrogens with zero attached hydrogens (tertiary/aromatic N) is 3. The molecule has 130 valence electrons. The monoisotopic (exact) mass is 449 g/mol. The number of hydrogen-bond acceptors (Lipinski definition) is 4. The van der Waals surface area contributed by atoms with Gasteiger partial charge in [0.05, 0.1) is 6.54 Å². The number of halogens is 1. The molecule has 1 aromatic rings. The van der Waals surface area contributed by atoms with Crippen LogP contribution in [0.2, 0.25) is 0 Å². The molecule has 0 unspecified atom stereocenters. The Labute approximate surface area is 160 Å². The highest BCUT2D eigenvalue weighted by Gasteiger charge is 2.33. The Balaban J connectivity index is 0.00000192. The summed E-state index contributed by atoms with van der Waals surface area (Å²) in [5, 5.41) is 7.87. The maximum absolute atomic E-state index is 4.37. The lowest BCUT2D eigenvalue weighted by atomic mass is 10.3. The van der Waals surface area contributed by atoms with E-state index in [0.29, 0.717) is 0 Å². The molecular formula is C16H28IN5S. The van der Waals surface area contributed by atoms with Crippen LogP contribution >= 0.6 is 35.3 Å². The van der Waals surface area contributed by atoms with E-state index in [1.807, 2.05) is 13.2 Å². The third-order valence-corrected chi connectivity index (χ3v) is 5.16. The van der Waals surface area contributed by atoms with Crippen LogP contribution in [-0.4, -0.2) is 48.6 Å². The fourth-order valence-corrected chi connectivity index (χ4v) is 3.40. The van der Waals surface area contributed by atoms with Crippen molar-refractivity contribution in [3.63, 3.8) is 0 Å². The average Bonchev–Trinajstić information content (AvgIpc) is 3.41. The van der Waals surface area contributed by atoms with E-state index < -0.39 is 0 Å². The van der Waals surface area contributed by atoms with Gasteiger partial charge in [0.25, 0.3) is 0 Å². The van der Waals surface area contributed by atoms with Gasteiger partial charge in [0.15, 0.2) is 5.96 Å². The van der Waals surface area contributed by atoms with Crippen LogP contribution < -0.4 is 10.6 Å². The summed E-state index contributed by atoms with van der Waals surface area (Å²) >= 11 is 1.73. The maximum atomic E-state index is 4.37. The van der Waals surface area contributed by atoms with E-state index in [4.69, 9.17) is 0 Å². The first-order valence-corrected chi connectivity index (χ1v) is 9.16. The summed E-state index contributed by atoms with van der Waals surface area (Å²) in [5.74, 6) is 1.85. The van der Waals surface area contributed by atoms with Crippen molar-refractivity contribution >= 4 is 41.3 Å². The maximum Gasteiger partial charge on any atom is 0.191 e. The Hall–Kier alpha value is -0.410. The second kappa shape index (κ2) is 9.17. The molecule has 0 radical (unpaired) electrons. The van der Waals surface area contributed by atoms with Crippen molar-refractivity contribution in [2.45, 2.75) is 45.2 Å². The summed E-state index contributed by atoms with van der Waals surface area (Å²) in [6, 6.07) is 0.857. The fraction of sp³-hybridized carbons (Fsp3) is 0.750. The first-order valence-electron chi connectivity index (χ1n) is 8.34. The molecule has 0 aliphatic heterocycles. The van der Waals surface area contributed by atoms with E-state index in [9.17, 15) is 0 Å². The van der Waals surface area contributed by atoms with Gasteiger partial charge in [-0.15, -0.1) is 35.3 Å². The number of thiazole rings is 1. The molecular weight excluding hydrogens is 421 g/mol. The smallest absolute Gasteiger partial charge is 0.191 e. The Kier molecular flexibility index (Phi) is 7.55. The highest BCUT2D eigenvalue weighted by atomic mass is 127. The van der Waals surface area contributed by atoms with Crippen molar-refractivity contribution in [2.75, 3.05) is 26.7 Å². The average molecular weight is 449 g/mol. The van der Waals surface area contributed by atoms with Crippen molar-refractivity contribution in [1.82, 2.24) is 20.5 Å². The second-order valence-corrected chi connectivity index (χ2v) is 7.71. The first-order chi connectivity index (χ1) is 10.7. The quantitative estimate of drug-likeness (QED) is 0.364. The Morgan fingerprint density at radius 3 is 2.70 bits per heavy atom. The van der Waals surface area contributed by atoms with Crippen LogP contribution in [-0.2, 0) is 6.54 Å². The molecule has 2 N–H and O–H groups in total. The van der Waals surface area contributed by atoms with E-state index in [1.165, 1.54) is 37.1 Å². The zero-order valence-electron chi connectivity index (χ0n) is 14.0. The van der Waals surface area contributed by atoms with Crippen molar-refractivity contribution < 1.29 is 0 Å². The van der Waals surface area contributed by atoms with Gasteiger partial charge in [-0.2, -0.15) is 0 Å². The standard InChI is InChI=1S/C16H27N5S.HI/c1-12-9-19-15(22-12)10-20-16(17-2)18-7-8-21(14-5-6-14)11-13-3-4-13;/h9,13-14H,3-8,10-11H2,1-2H3,(H2,17,18,20);1H. The molecule has 0 amide bonds. The molecule has 1 aromatic heterocycles. The van der Waals surface area contributed by atoms with Gasteiger partial charge in [0.2, 0.25) is 0 Å². The fourth-order valence-electron chi connectivity index (χ4n) is 2.68. The number of rotatable bonds is 8. The predicted octanol–water partition coefficient (Wildman–Crippen LogP) is 2.61. The van der Waals surface area contributed by atoms with Crippen molar-refractivity contribution in [2.24, 2.45) is 10.9 Å². The zero-order chi connectivity index (χ0) is 15.4. The molecule has 0 bridgehead atoms. The minimum Gasteiger partial charge on any atom is -0.355 e. The Morgan fingerprint density at radius 1 is 1.35 bits per heavy atom. The van der Waals surface area contributed by atoms with Crippen LogP contribution in [0.25, 0.3) is 0 Å². The summed E-state index contributed by atoms with van der Waals surface area (Å²) in [5.41, 5.74) is 0. The minimum atomic E-state index is 0. The number of guanidine groups is 1. The lowest BCUT2D eigenvalue weighted by Gasteiger charge is -2.22. The van der Waals surface area contributed by atoms with Gasteiger partial charge in [-0.25, -0.2) is 4.98 Å². The van der Waals surface area contributed by atoms with Gasteiger partial charge in [-0.05, 0) is 38.5 Å². The van der Waals surface area contributed by atoms with Crippen LogP contribution in [0.3, 0.4) is 0 Å². The molecule has 0 atom stereocenters. The van der Waals surface area contributed by atoms with E-state index in [2.05, 4.69) is 32.4 Å². The molecule has 2 aliphatic rings. The Bertz CT molecular complexity index is 510. The van der Waals surface area contributed by atoms with Gasteiger partial charge >= 0.3 is 0 Å². The minimum absolute atomic E-state index is 0. The number of hydrogen-bond donors (Lipinski definition) is 2. The van der Waals surface area contributed by atoms with Gasteiger partial charge in [-0.1, -0.05) is 0 Å². The normalized spacial score (nSPS) is 18.0. The van der Waals surface area contributed by atoms with Crippen LogP contribution in [0.4, 0.5) is 0 Å². The van der Waals surface area contributed by atoms with E-state index >= 15 is 0 Å². The lowest BCUT2D eigenvalue weighted by Crippen LogP contribution is -2.42. The molecule has 0 aromatic carbocycles. The third kappa shape index (κ3) is 6.54.